The second-order valence-corrected chi connectivity index (χ2v) is 5.09. The lowest BCUT2D eigenvalue weighted by atomic mass is 10.3. The van der Waals surface area contributed by atoms with E-state index >= 15 is 0 Å². The molecule has 0 bridgehead atoms. The molecular formula is C14H22N6O2. The normalized spacial score (nSPS) is 15.9. The lowest BCUT2D eigenvalue weighted by molar-refractivity contribution is 0.0918. The summed E-state index contributed by atoms with van der Waals surface area (Å²) < 4.78 is 4.99. The van der Waals surface area contributed by atoms with Crippen molar-refractivity contribution in [3.63, 3.8) is 0 Å². The molecule has 1 amide bonds. The number of carbonyl (C=O) groups excluding carboxylic acids is 1. The minimum absolute atomic E-state index is 0.282. The number of aliphatic imine (C=N–C) groups is 1. The lowest BCUT2D eigenvalue weighted by Gasteiger charge is -2.34. The van der Waals surface area contributed by atoms with Crippen molar-refractivity contribution in [1.82, 2.24) is 19.8 Å². The molecule has 0 spiro atoms. The molecule has 120 valence electrons. The van der Waals surface area contributed by atoms with Crippen molar-refractivity contribution >= 4 is 18.0 Å². The Labute approximate surface area is 130 Å². The summed E-state index contributed by atoms with van der Waals surface area (Å²) in [7, 11) is 0. The predicted molar refractivity (Wildman–Crippen MR) is 83.0 cm³/mol. The summed E-state index contributed by atoms with van der Waals surface area (Å²) in [4.78, 5) is 28.0. The zero-order chi connectivity index (χ0) is 16.1. The van der Waals surface area contributed by atoms with Gasteiger partial charge in [0.1, 0.15) is 0 Å². The molecule has 2 rings (SSSR count). The topological polar surface area (TPSA) is 96.9 Å². The number of piperazine rings is 1. The SMILES string of the molecule is CCOC(=O)N1CCN(/C(N)=N\c2nc(C)cc(C)n2)CC1. The van der Waals surface area contributed by atoms with E-state index in [2.05, 4.69) is 15.0 Å². The molecule has 0 aromatic carbocycles. The Morgan fingerprint density at radius 1 is 1.23 bits per heavy atom. The number of nitrogens with zero attached hydrogens (tertiary/aromatic N) is 5. The molecule has 0 unspecified atom stereocenters. The van der Waals surface area contributed by atoms with Gasteiger partial charge in [0.2, 0.25) is 0 Å². The fraction of sp³-hybridized carbons (Fsp3) is 0.571. The smallest absolute Gasteiger partial charge is 0.409 e. The molecule has 1 aromatic rings. The highest BCUT2D eigenvalue weighted by Crippen LogP contribution is 2.09. The monoisotopic (exact) mass is 306 g/mol. The Hall–Kier alpha value is -2.38. The molecule has 1 aliphatic rings. The number of amides is 1. The van der Waals surface area contributed by atoms with Gasteiger partial charge < -0.3 is 20.3 Å². The van der Waals surface area contributed by atoms with Gasteiger partial charge in [-0.05, 0) is 26.8 Å². The van der Waals surface area contributed by atoms with Crippen LogP contribution in [0.1, 0.15) is 18.3 Å². The van der Waals surface area contributed by atoms with E-state index in [1.54, 1.807) is 11.8 Å². The van der Waals surface area contributed by atoms with Crippen LogP contribution in [0, 0.1) is 13.8 Å². The first kappa shape index (κ1) is 16.0. The van der Waals surface area contributed by atoms with E-state index in [9.17, 15) is 4.79 Å². The van der Waals surface area contributed by atoms with Crippen LogP contribution in [0.5, 0.6) is 0 Å². The number of nitrogens with two attached hydrogens (primary N) is 1. The van der Waals surface area contributed by atoms with E-state index in [0.717, 1.165) is 11.4 Å². The fourth-order valence-electron chi connectivity index (χ4n) is 2.26. The maximum absolute atomic E-state index is 11.6. The zero-order valence-electron chi connectivity index (χ0n) is 13.2. The van der Waals surface area contributed by atoms with Gasteiger partial charge >= 0.3 is 6.09 Å². The van der Waals surface area contributed by atoms with E-state index < -0.39 is 0 Å². The number of aromatic nitrogens is 2. The van der Waals surface area contributed by atoms with Gasteiger partial charge in [-0.25, -0.2) is 14.8 Å². The van der Waals surface area contributed by atoms with Crippen LogP contribution in [-0.4, -0.2) is 64.6 Å². The van der Waals surface area contributed by atoms with Crippen LogP contribution in [0.3, 0.4) is 0 Å². The lowest BCUT2D eigenvalue weighted by Crippen LogP contribution is -2.52. The second-order valence-electron chi connectivity index (χ2n) is 5.09. The summed E-state index contributed by atoms with van der Waals surface area (Å²) in [6.07, 6.45) is -0.282. The van der Waals surface area contributed by atoms with Gasteiger partial charge in [-0.3, -0.25) is 0 Å². The van der Waals surface area contributed by atoms with Crippen LogP contribution in [-0.2, 0) is 4.74 Å². The first-order valence-electron chi connectivity index (χ1n) is 7.32. The second kappa shape index (κ2) is 7.06. The van der Waals surface area contributed by atoms with Gasteiger partial charge in [0.25, 0.3) is 5.95 Å². The summed E-state index contributed by atoms with van der Waals surface area (Å²) in [6.45, 7) is 8.29. The van der Waals surface area contributed by atoms with Crippen molar-refractivity contribution < 1.29 is 9.53 Å². The Balaban J connectivity index is 1.98. The van der Waals surface area contributed by atoms with Gasteiger partial charge in [-0.15, -0.1) is 0 Å². The van der Waals surface area contributed by atoms with Crippen LogP contribution >= 0.6 is 0 Å². The summed E-state index contributed by atoms with van der Waals surface area (Å²) in [5.74, 6) is 0.733. The Bertz CT molecular complexity index is 546. The van der Waals surface area contributed by atoms with E-state index in [0.29, 0.717) is 44.7 Å². The number of guanidine groups is 1. The van der Waals surface area contributed by atoms with Crippen molar-refractivity contribution in [1.29, 1.82) is 0 Å². The van der Waals surface area contributed by atoms with Crippen molar-refractivity contribution in [2.45, 2.75) is 20.8 Å². The maximum atomic E-state index is 11.6. The number of aryl methyl sites for hydroxylation is 2. The van der Waals surface area contributed by atoms with Gasteiger partial charge in [-0.2, -0.15) is 4.99 Å². The molecule has 8 nitrogen and oxygen atoms in total. The first-order valence-corrected chi connectivity index (χ1v) is 7.32. The van der Waals surface area contributed by atoms with Crippen molar-refractivity contribution in [2.75, 3.05) is 32.8 Å². The molecule has 2 heterocycles. The van der Waals surface area contributed by atoms with Crippen LogP contribution < -0.4 is 5.73 Å². The quantitative estimate of drug-likeness (QED) is 0.641. The molecule has 2 N–H and O–H groups in total. The van der Waals surface area contributed by atoms with Crippen LogP contribution in [0.25, 0.3) is 0 Å². The molecule has 1 saturated heterocycles. The molecule has 0 saturated carbocycles. The average molecular weight is 306 g/mol. The third kappa shape index (κ3) is 4.06. The van der Waals surface area contributed by atoms with Crippen LogP contribution in [0.2, 0.25) is 0 Å². The summed E-state index contributed by atoms with van der Waals surface area (Å²) in [6, 6.07) is 1.88. The molecule has 0 aliphatic carbocycles. The number of hydrogen-bond donors (Lipinski definition) is 1. The third-order valence-electron chi connectivity index (χ3n) is 3.31. The van der Waals surface area contributed by atoms with Crippen molar-refractivity contribution in [2.24, 2.45) is 10.7 Å². The van der Waals surface area contributed by atoms with E-state index in [4.69, 9.17) is 10.5 Å². The zero-order valence-corrected chi connectivity index (χ0v) is 13.2. The number of ether oxygens (including phenoxy) is 1. The fourth-order valence-corrected chi connectivity index (χ4v) is 2.26. The molecule has 0 atom stereocenters. The largest absolute Gasteiger partial charge is 0.450 e. The maximum Gasteiger partial charge on any atom is 0.409 e. The highest BCUT2D eigenvalue weighted by atomic mass is 16.6. The minimum atomic E-state index is -0.282. The first-order chi connectivity index (χ1) is 10.5. The Morgan fingerprint density at radius 3 is 2.32 bits per heavy atom. The summed E-state index contributed by atoms with van der Waals surface area (Å²) in [5, 5.41) is 0. The predicted octanol–water partition coefficient (Wildman–Crippen LogP) is 0.814. The Kier molecular flexibility index (Phi) is 5.13. The molecule has 22 heavy (non-hydrogen) atoms. The summed E-state index contributed by atoms with van der Waals surface area (Å²) >= 11 is 0. The molecule has 1 fully saturated rings. The van der Waals surface area contributed by atoms with Gasteiger partial charge in [0.15, 0.2) is 5.96 Å². The number of carbonyl (C=O) groups is 1. The Morgan fingerprint density at radius 2 is 1.77 bits per heavy atom. The minimum Gasteiger partial charge on any atom is -0.450 e. The molecule has 1 aromatic heterocycles. The number of rotatable bonds is 2. The van der Waals surface area contributed by atoms with E-state index in [-0.39, 0.29) is 6.09 Å². The van der Waals surface area contributed by atoms with Crippen molar-refractivity contribution in [3.8, 4) is 0 Å². The van der Waals surface area contributed by atoms with Gasteiger partial charge in [-0.1, -0.05) is 0 Å². The molecule has 8 heteroatoms. The molecular weight excluding hydrogens is 284 g/mol. The van der Waals surface area contributed by atoms with Gasteiger partial charge in [0.05, 0.1) is 6.61 Å². The highest BCUT2D eigenvalue weighted by molar-refractivity contribution is 5.80. The third-order valence-corrected chi connectivity index (χ3v) is 3.31. The van der Waals surface area contributed by atoms with Crippen LogP contribution in [0.15, 0.2) is 11.1 Å². The van der Waals surface area contributed by atoms with Crippen LogP contribution in [0.4, 0.5) is 10.7 Å². The van der Waals surface area contributed by atoms with Crippen molar-refractivity contribution in [3.05, 3.63) is 17.5 Å². The summed E-state index contributed by atoms with van der Waals surface area (Å²) in [5.41, 5.74) is 7.73. The average Bonchev–Trinajstić information content (AvgIpc) is 2.46. The molecule has 0 radical (unpaired) electrons. The highest BCUT2D eigenvalue weighted by Gasteiger charge is 2.23. The van der Waals surface area contributed by atoms with E-state index in [1.165, 1.54) is 0 Å². The molecule has 1 aliphatic heterocycles. The number of hydrogen-bond acceptors (Lipinski definition) is 5. The van der Waals surface area contributed by atoms with Gasteiger partial charge in [0, 0.05) is 37.6 Å². The standard InChI is InChI=1S/C14H22N6O2/c1-4-22-14(21)20-7-5-19(6-8-20)12(15)18-13-16-10(2)9-11(3)17-13/h9H,4-8H2,1-3H3,(H2,15,16,17,18). The van der Waals surface area contributed by atoms with E-state index in [1.807, 2.05) is 24.8 Å².